The van der Waals surface area contributed by atoms with E-state index in [2.05, 4.69) is 20.5 Å². The van der Waals surface area contributed by atoms with Gasteiger partial charge in [-0.25, -0.2) is 14.5 Å². The van der Waals surface area contributed by atoms with Crippen molar-refractivity contribution in [1.82, 2.24) is 30.1 Å². The van der Waals surface area contributed by atoms with Gasteiger partial charge in [0.15, 0.2) is 0 Å². The Labute approximate surface area is 205 Å². The number of hydrogen-bond acceptors (Lipinski definition) is 9. The van der Waals surface area contributed by atoms with E-state index in [0.717, 1.165) is 30.0 Å². The second-order valence-electron chi connectivity index (χ2n) is 7.60. The normalized spacial score (nSPS) is 14.2. The third-order valence-corrected chi connectivity index (χ3v) is 7.42. The number of pyridine rings is 1. The predicted molar refractivity (Wildman–Crippen MR) is 127 cm³/mol. The Bertz CT molecular complexity index is 1090. The SMILES string of the molecule is O=C(O)Cn1nnnc1SC1CCN(C(=O)Oc2ccc(CCSc3ccccn3)cc2)CC1. The number of aryl methyl sites for hydroxylation is 1. The summed E-state index contributed by atoms with van der Waals surface area (Å²) < 4.78 is 6.82. The first-order chi connectivity index (χ1) is 16.6. The van der Waals surface area contributed by atoms with Crippen LogP contribution in [0.5, 0.6) is 5.75 Å². The Hall–Kier alpha value is -3.12. The summed E-state index contributed by atoms with van der Waals surface area (Å²) in [5, 5.41) is 21.8. The average Bonchev–Trinajstić information content (AvgIpc) is 3.27. The zero-order valence-electron chi connectivity index (χ0n) is 18.3. The molecule has 2 aromatic heterocycles. The number of carbonyl (C=O) groups is 2. The summed E-state index contributed by atoms with van der Waals surface area (Å²) in [6.45, 7) is 0.835. The van der Waals surface area contributed by atoms with Crippen LogP contribution in [0.4, 0.5) is 4.79 Å². The maximum Gasteiger partial charge on any atom is 0.415 e. The smallest absolute Gasteiger partial charge is 0.415 e. The van der Waals surface area contributed by atoms with E-state index in [9.17, 15) is 9.59 Å². The number of tetrazole rings is 1. The Morgan fingerprint density at radius 1 is 1.12 bits per heavy atom. The standard InChI is InChI=1S/C22H24N6O4S2/c29-20(30)15-28-21(24-25-26-28)34-18-8-12-27(13-9-18)22(31)32-17-6-4-16(5-7-17)10-14-33-19-3-1-2-11-23-19/h1-7,11,18H,8-10,12-15H2,(H,29,30). The molecule has 1 aromatic carbocycles. The molecule has 1 saturated heterocycles. The summed E-state index contributed by atoms with van der Waals surface area (Å²) in [5.41, 5.74) is 1.17. The predicted octanol–water partition coefficient (Wildman–Crippen LogP) is 3.24. The first-order valence-electron chi connectivity index (χ1n) is 10.8. The Morgan fingerprint density at radius 3 is 2.62 bits per heavy atom. The number of ether oxygens (including phenoxy) is 1. The molecule has 4 rings (SSSR count). The number of likely N-dealkylation sites (tertiary alicyclic amines) is 1. The highest BCUT2D eigenvalue weighted by Crippen LogP contribution is 2.29. The molecule has 10 nitrogen and oxygen atoms in total. The molecule has 34 heavy (non-hydrogen) atoms. The third kappa shape index (κ3) is 6.94. The van der Waals surface area contributed by atoms with Crippen molar-refractivity contribution in [3.63, 3.8) is 0 Å². The second-order valence-corrected chi connectivity index (χ2v) is 9.98. The Morgan fingerprint density at radius 2 is 1.91 bits per heavy atom. The van der Waals surface area contributed by atoms with Crippen LogP contribution in [0.1, 0.15) is 18.4 Å². The molecule has 178 valence electrons. The number of benzene rings is 1. The van der Waals surface area contributed by atoms with Crippen molar-refractivity contribution in [1.29, 1.82) is 0 Å². The number of rotatable bonds is 9. The minimum absolute atomic E-state index is 0.200. The molecule has 12 heteroatoms. The molecule has 0 atom stereocenters. The number of aromatic nitrogens is 5. The monoisotopic (exact) mass is 500 g/mol. The van der Waals surface area contributed by atoms with E-state index in [-0.39, 0.29) is 17.9 Å². The second kappa shape index (κ2) is 11.8. The zero-order chi connectivity index (χ0) is 23.8. The Balaban J connectivity index is 1.19. The summed E-state index contributed by atoms with van der Waals surface area (Å²) in [7, 11) is 0. The van der Waals surface area contributed by atoms with Crippen molar-refractivity contribution in [3.8, 4) is 5.75 Å². The van der Waals surface area contributed by atoms with Crippen molar-refractivity contribution in [2.75, 3.05) is 18.8 Å². The van der Waals surface area contributed by atoms with E-state index in [1.807, 2.05) is 42.5 Å². The maximum atomic E-state index is 12.6. The Kier molecular flexibility index (Phi) is 8.36. The van der Waals surface area contributed by atoms with E-state index in [0.29, 0.717) is 24.0 Å². The molecule has 0 unspecified atom stereocenters. The van der Waals surface area contributed by atoms with Crippen LogP contribution in [0.15, 0.2) is 58.8 Å². The number of carbonyl (C=O) groups excluding carboxylic acids is 1. The van der Waals surface area contributed by atoms with Crippen LogP contribution in [-0.2, 0) is 17.8 Å². The van der Waals surface area contributed by atoms with Crippen LogP contribution in [-0.4, -0.2) is 71.4 Å². The van der Waals surface area contributed by atoms with E-state index < -0.39 is 5.97 Å². The van der Waals surface area contributed by atoms with Gasteiger partial charge in [0.1, 0.15) is 12.3 Å². The fourth-order valence-electron chi connectivity index (χ4n) is 3.41. The first kappa shape index (κ1) is 24.0. The van der Waals surface area contributed by atoms with Gasteiger partial charge in [-0.2, -0.15) is 0 Å². The average molecular weight is 501 g/mol. The van der Waals surface area contributed by atoms with E-state index in [1.54, 1.807) is 22.9 Å². The maximum absolute atomic E-state index is 12.6. The number of carboxylic acid groups (broad SMARTS) is 1. The number of aliphatic carboxylic acids is 1. The molecular formula is C22H24N6O4S2. The molecule has 0 saturated carbocycles. The highest BCUT2D eigenvalue weighted by atomic mass is 32.2. The summed E-state index contributed by atoms with van der Waals surface area (Å²) >= 11 is 3.15. The third-order valence-electron chi connectivity index (χ3n) is 5.16. The minimum atomic E-state index is -0.997. The molecule has 3 aromatic rings. The number of carboxylic acids is 1. The molecule has 1 aliphatic rings. The molecular weight excluding hydrogens is 476 g/mol. The molecule has 0 radical (unpaired) electrons. The van der Waals surface area contributed by atoms with Gasteiger partial charge in [0.25, 0.3) is 0 Å². The molecule has 0 bridgehead atoms. The fraction of sp³-hybridized carbons (Fsp3) is 0.364. The molecule has 1 fully saturated rings. The lowest BCUT2D eigenvalue weighted by atomic mass is 10.1. The number of amides is 1. The van der Waals surface area contributed by atoms with Crippen LogP contribution < -0.4 is 4.74 Å². The highest BCUT2D eigenvalue weighted by molar-refractivity contribution is 7.99. The van der Waals surface area contributed by atoms with Gasteiger partial charge in [0.05, 0.1) is 5.03 Å². The van der Waals surface area contributed by atoms with Crippen molar-refractivity contribution in [3.05, 3.63) is 54.2 Å². The topological polar surface area (TPSA) is 123 Å². The molecule has 1 amide bonds. The van der Waals surface area contributed by atoms with Crippen LogP contribution in [0, 0.1) is 0 Å². The van der Waals surface area contributed by atoms with Gasteiger partial charge in [-0.05, 0) is 59.5 Å². The zero-order valence-corrected chi connectivity index (χ0v) is 20.0. The van der Waals surface area contributed by atoms with E-state index in [1.165, 1.54) is 22.0 Å². The van der Waals surface area contributed by atoms with Crippen LogP contribution in [0.25, 0.3) is 0 Å². The van der Waals surface area contributed by atoms with Gasteiger partial charge in [-0.1, -0.05) is 30.0 Å². The largest absolute Gasteiger partial charge is 0.480 e. The van der Waals surface area contributed by atoms with Gasteiger partial charge in [-0.15, -0.1) is 16.9 Å². The fourth-order valence-corrected chi connectivity index (χ4v) is 5.32. The van der Waals surface area contributed by atoms with E-state index >= 15 is 0 Å². The molecule has 0 spiro atoms. The van der Waals surface area contributed by atoms with Crippen molar-refractivity contribution in [2.24, 2.45) is 0 Å². The summed E-state index contributed by atoms with van der Waals surface area (Å²) in [6, 6.07) is 13.5. The van der Waals surface area contributed by atoms with Crippen LogP contribution in [0.2, 0.25) is 0 Å². The van der Waals surface area contributed by atoms with Gasteiger partial charge in [0.2, 0.25) is 5.16 Å². The van der Waals surface area contributed by atoms with Crippen molar-refractivity contribution >= 4 is 35.6 Å². The van der Waals surface area contributed by atoms with Gasteiger partial charge >= 0.3 is 12.1 Å². The highest BCUT2D eigenvalue weighted by Gasteiger charge is 2.26. The minimum Gasteiger partial charge on any atom is -0.480 e. The molecule has 1 N–H and O–H groups in total. The van der Waals surface area contributed by atoms with Gasteiger partial charge < -0.3 is 14.7 Å². The first-order valence-corrected chi connectivity index (χ1v) is 12.7. The lowest BCUT2D eigenvalue weighted by Crippen LogP contribution is -2.41. The number of piperidine rings is 1. The van der Waals surface area contributed by atoms with Crippen LogP contribution in [0.3, 0.4) is 0 Å². The molecule has 0 aliphatic carbocycles. The summed E-state index contributed by atoms with van der Waals surface area (Å²) in [5.74, 6) is 0.449. The lowest BCUT2D eigenvalue weighted by molar-refractivity contribution is -0.138. The van der Waals surface area contributed by atoms with Crippen LogP contribution >= 0.6 is 23.5 Å². The molecule has 3 heterocycles. The summed E-state index contributed by atoms with van der Waals surface area (Å²) in [6.07, 6.45) is 3.81. The lowest BCUT2D eigenvalue weighted by Gasteiger charge is -2.30. The number of thioether (sulfide) groups is 2. The number of hydrogen-bond donors (Lipinski definition) is 1. The number of nitrogens with zero attached hydrogens (tertiary/aromatic N) is 6. The van der Waals surface area contributed by atoms with Gasteiger partial charge in [0, 0.05) is 30.3 Å². The van der Waals surface area contributed by atoms with E-state index in [4.69, 9.17) is 9.84 Å². The van der Waals surface area contributed by atoms with Gasteiger partial charge in [-0.3, -0.25) is 4.79 Å². The van der Waals surface area contributed by atoms with Crippen molar-refractivity contribution < 1.29 is 19.4 Å². The summed E-state index contributed by atoms with van der Waals surface area (Å²) in [4.78, 5) is 29.5. The van der Waals surface area contributed by atoms with Crippen molar-refractivity contribution in [2.45, 2.75) is 41.2 Å². The molecule has 1 aliphatic heterocycles. The quantitative estimate of drug-likeness (QED) is 0.438.